The van der Waals surface area contributed by atoms with Gasteiger partial charge in [-0.15, -0.1) is 0 Å². The molecular weight excluding hydrogens is 450 g/mol. The zero-order valence-corrected chi connectivity index (χ0v) is 19.8. The van der Waals surface area contributed by atoms with Gasteiger partial charge in [0.1, 0.15) is 16.4 Å². The van der Waals surface area contributed by atoms with Crippen LogP contribution in [0.1, 0.15) is 41.3 Å². The van der Waals surface area contributed by atoms with Gasteiger partial charge in [0.05, 0.1) is 7.11 Å². The summed E-state index contributed by atoms with van der Waals surface area (Å²) in [5.74, 6) is 0.577. The lowest BCUT2D eigenvalue weighted by molar-refractivity contribution is 0.102. The van der Waals surface area contributed by atoms with E-state index in [0.29, 0.717) is 27.6 Å². The molecule has 1 amide bonds. The second-order valence-electron chi connectivity index (χ2n) is 7.53. The van der Waals surface area contributed by atoms with Gasteiger partial charge in [-0.3, -0.25) is 4.79 Å². The Morgan fingerprint density at radius 3 is 2.19 bits per heavy atom. The summed E-state index contributed by atoms with van der Waals surface area (Å²) in [5, 5.41) is 3.34. The third-order valence-corrected chi connectivity index (χ3v) is 6.37. The summed E-state index contributed by atoms with van der Waals surface area (Å²) in [6.45, 7) is 5.62. The molecule has 0 unspecified atom stereocenters. The van der Waals surface area contributed by atoms with Crippen molar-refractivity contribution in [3.8, 4) is 11.5 Å². The van der Waals surface area contributed by atoms with Crippen LogP contribution in [0.5, 0.6) is 11.5 Å². The van der Waals surface area contributed by atoms with E-state index in [2.05, 4.69) is 5.32 Å². The first-order valence-electron chi connectivity index (χ1n) is 9.90. The van der Waals surface area contributed by atoms with Crippen molar-refractivity contribution in [1.82, 2.24) is 0 Å². The molecule has 3 aromatic rings. The van der Waals surface area contributed by atoms with E-state index in [9.17, 15) is 13.2 Å². The van der Waals surface area contributed by atoms with Crippen molar-refractivity contribution in [2.45, 2.75) is 31.6 Å². The fourth-order valence-electron chi connectivity index (χ4n) is 3.08. The van der Waals surface area contributed by atoms with Crippen molar-refractivity contribution < 1.29 is 22.1 Å². The van der Waals surface area contributed by atoms with Gasteiger partial charge in [0.25, 0.3) is 5.91 Å². The fourth-order valence-corrected chi connectivity index (χ4v) is 4.19. The number of halogens is 1. The molecule has 0 saturated heterocycles. The van der Waals surface area contributed by atoms with Crippen molar-refractivity contribution >= 4 is 33.3 Å². The number of rotatable bonds is 7. The minimum absolute atomic E-state index is 0.00218. The highest BCUT2D eigenvalue weighted by molar-refractivity contribution is 7.87. The summed E-state index contributed by atoms with van der Waals surface area (Å²) in [4.78, 5) is 12.7. The molecule has 0 aromatic heterocycles. The molecular formula is C24H24ClNO5S. The van der Waals surface area contributed by atoms with Gasteiger partial charge in [0.15, 0.2) is 0 Å². The number of benzene rings is 3. The van der Waals surface area contributed by atoms with Crippen LogP contribution < -0.4 is 14.2 Å². The number of amides is 1. The number of hydrogen-bond acceptors (Lipinski definition) is 5. The van der Waals surface area contributed by atoms with Crippen LogP contribution in [0.25, 0.3) is 0 Å². The lowest BCUT2D eigenvalue weighted by Gasteiger charge is -2.18. The molecule has 0 heterocycles. The van der Waals surface area contributed by atoms with Gasteiger partial charge < -0.3 is 14.2 Å². The number of hydrogen-bond donors (Lipinski definition) is 1. The molecule has 0 saturated carbocycles. The Kier molecular flexibility index (Phi) is 7.11. The third kappa shape index (κ3) is 5.41. The predicted octanol–water partition coefficient (Wildman–Crippen LogP) is 5.80. The Morgan fingerprint density at radius 2 is 1.62 bits per heavy atom. The van der Waals surface area contributed by atoms with Crippen molar-refractivity contribution in [3.05, 3.63) is 82.4 Å². The molecule has 3 rings (SSSR count). The van der Waals surface area contributed by atoms with Gasteiger partial charge in [0, 0.05) is 16.3 Å². The summed E-state index contributed by atoms with van der Waals surface area (Å²) in [5.41, 5.74) is 2.38. The van der Waals surface area contributed by atoms with E-state index in [0.717, 1.165) is 5.56 Å². The molecule has 168 valence electrons. The first-order chi connectivity index (χ1) is 15.1. The van der Waals surface area contributed by atoms with Gasteiger partial charge in [-0.25, -0.2) is 0 Å². The van der Waals surface area contributed by atoms with Crippen LogP contribution in [0.2, 0.25) is 5.02 Å². The Bertz CT molecular complexity index is 1220. The minimum atomic E-state index is -4.04. The molecule has 1 N–H and O–H groups in total. The number of ether oxygens (including phenoxy) is 1. The predicted molar refractivity (Wildman–Crippen MR) is 125 cm³/mol. The number of nitrogens with one attached hydrogen (secondary N) is 1. The highest BCUT2D eigenvalue weighted by atomic mass is 35.5. The molecule has 0 atom stereocenters. The second-order valence-corrected chi connectivity index (χ2v) is 9.52. The van der Waals surface area contributed by atoms with Crippen LogP contribution in [0.3, 0.4) is 0 Å². The van der Waals surface area contributed by atoms with Crippen molar-refractivity contribution in [2.24, 2.45) is 0 Å². The molecule has 0 radical (unpaired) electrons. The Morgan fingerprint density at radius 1 is 1.00 bits per heavy atom. The quantitative estimate of drug-likeness (QED) is 0.438. The highest BCUT2D eigenvalue weighted by Crippen LogP contribution is 2.34. The smallest absolute Gasteiger partial charge is 0.339 e. The largest absolute Gasteiger partial charge is 0.497 e. The second kappa shape index (κ2) is 9.63. The van der Waals surface area contributed by atoms with Gasteiger partial charge in [-0.1, -0.05) is 25.4 Å². The van der Waals surface area contributed by atoms with Gasteiger partial charge >= 0.3 is 10.1 Å². The van der Waals surface area contributed by atoms with E-state index in [-0.39, 0.29) is 22.5 Å². The molecule has 3 aromatic carbocycles. The highest BCUT2D eigenvalue weighted by Gasteiger charge is 2.21. The van der Waals surface area contributed by atoms with Gasteiger partial charge in [0.2, 0.25) is 0 Å². The average molecular weight is 474 g/mol. The van der Waals surface area contributed by atoms with Crippen LogP contribution in [0, 0.1) is 6.92 Å². The Balaban J connectivity index is 1.90. The standard InChI is InChI=1S/C24H24ClNO5S/c1-15(2)21-14-23(31-32(28,29)20-11-7-18(25)8-12-20)16(3)13-22(21)26-24(27)17-5-9-19(30-4)10-6-17/h5-15H,1-4H3,(H,26,27). The van der Waals surface area contributed by atoms with Crippen molar-refractivity contribution in [1.29, 1.82) is 0 Å². The molecule has 0 bridgehead atoms. The van der Waals surface area contributed by atoms with E-state index in [1.807, 2.05) is 13.8 Å². The van der Waals surface area contributed by atoms with E-state index in [4.69, 9.17) is 20.5 Å². The lowest BCUT2D eigenvalue weighted by atomic mass is 9.98. The maximum Gasteiger partial charge on any atom is 0.339 e. The third-order valence-electron chi connectivity index (χ3n) is 4.87. The van der Waals surface area contributed by atoms with Crippen LogP contribution in [-0.4, -0.2) is 21.4 Å². The number of carbonyl (C=O) groups is 1. The normalized spacial score (nSPS) is 11.3. The maximum atomic E-state index is 12.7. The molecule has 0 aliphatic rings. The van der Waals surface area contributed by atoms with Crippen molar-refractivity contribution in [2.75, 3.05) is 12.4 Å². The summed E-state index contributed by atoms with van der Waals surface area (Å²) in [6.07, 6.45) is 0. The average Bonchev–Trinajstić information content (AvgIpc) is 2.75. The lowest BCUT2D eigenvalue weighted by Crippen LogP contribution is -2.15. The number of carbonyl (C=O) groups excluding carboxylic acids is 1. The van der Waals surface area contributed by atoms with E-state index in [1.54, 1.807) is 50.4 Å². The Labute approximate surface area is 193 Å². The zero-order valence-electron chi connectivity index (χ0n) is 18.2. The summed E-state index contributed by atoms with van der Waals surface area (Å²) in [6, 6.07) is 15.9. The SMILES string of the molecule is COc1ccc(C(=O)Nc2cc(C)c(OS(=O)(=O)c3ccc(Cl)cc3)cc2C(C)C)cc1. The van der Waals surface area contributed by atoms with Crippen LogP contribution in [0.4, 0.5) is 5.69 Å². The molecule has 8 heteroatoms. The Hall–Kier alpha value is -3.03. The first kappa shape index (κ1) is 23.6. The maximum absolute atomic E-state index is 12.7. The topological polar surface area (TPSA) is 81.7 Å². The number of methoxy groups -OCH3 is 1. The molecule has 32 heavy (non-hydrogen) atoms. The summed E-state index contributed by atoms with van der Waals surface area (Å²) >= 11 is 5.84. The number of aryl methyl sites for hydroxylation is 1. The van der Waals surface area contributed by atoms with Gasteiger partial charge in [-0.05, 0) is 84.6 Å². The van der Waals surface area contributed by atoms with E-state index < -0.39 is 10.1 Å². The first-order valence-corrected chi connectivity index (χ1v) is 11.7. The van der Waals surface area contributed by atoms with E-state index in [1.165, 1.54) is 24.3 Å². The molecule has 0 aliphatic heterocycles. The monoisotopic (exact) mass is 473 g/mol. The summed E-state index contributed by atoms with van der Waals surface area (Å²) < 4.78 is 35.9. The minimum Gasteiger partial charge on any atom is -0.497 e. The van der Waals surface area contributed by atoms with Crippen LogP contribution in [0.15, 0.2) is 65.6 Å². The van der Waals surface area contributed by atoms with Gasteiger partial charge in [-0.2, -0.15) is 8.42 Å². The van der Waals surface area contributed by atoms with E-state index >= 15 is 0 Å². The zero-order chi connectivity index (χ0) is 23.5. The molecule has 0 aliphatic carbocycles. The fraction of sp³-hybridized carbons (Fsp3) is 0.208. The van der Waals surface area contributed by atoms with Crippen LogP contribution in [-0.2, 0) is 10.1 Å². The molecule has 0 spiro atoms. The number of anilines is 1. The molecule has 6 nitrogen and oxygen atoms in total. The van der Waals surface area contributed by atoms with Crippen molar-refractivity contribution in [3.63, 3.8) is 0 Å². The summed E-state index contributed by atoms with van der Waals surface area (Å²) in [7, 11) is -2.48. The molecule has 0 fully saturated rings. The van der Waals surface area contributed by atoms with Crippen LogP contribution >= 0.6 is 11.6 Å².